The number of hydrogen-bond acceptors (Lipinski definition) is 3. The molecular weight excluding hydrogens is 373 g/mol. The van der Waals surface area contributed by atoms with Crippen LogP contribution in [0.3, 0.4) is 0 Å². The summed E-state index contributed by atoms with van der Waals surface area (Å²) in [5.41, 5.74) is 6.01. The van der Waals surface area contributed by atoms with Crippen LogP contribution in [0.5, 0.6) is 0 Å². The van der Waals surface area contributed by atoms with Gasteiger partial charge in [-0.15, -0.1) is 12.4 Å². The van der Waals surface area contributed by atoms with Gasteiger partial charge in [0.2, 0.25) is 5.91 Å². The van der Waals surface area contributed by atoms with E-state index in [0.29, 0.717) is 35.2 Å². The minimum absolute atomic E-state index is 0. The van der Waals surface area contributed by atoms with E-state index in [9.17, 15) is 9.59 Å². The lowest BCUT2D eigenvalue weighted by Gasteiger charge is -2.32. The summed E-state index contributed by atoms with van der Waals surface area (Å²) in [5, 5.41) is 3.63. The third kappa shape index (κ3) is 5.24. The lowest BCUT2D eigenvalue weighted by atomic mass is 9.96. The molecule has 5 nitrogen and oxygen atoms in total. The van der Waals surface area contributed by atoms with Gasteiger partial charge in [0.05, 0.1) is 16.0 Å². The summed E-state index contributed by atoms with van der Waals surface area (Å²) >= 11 is 11.8. The number of likely N-dealkylation sites (tertiary alicyclic amines) is 1. The SMILES string of the molecule is C[C@@H](CN)NC(=O)C1CCCN(C(=O)c2ccc(Cl)c(Cl)c2)C1.Cl. The fraction of sp³-hybridized carbons (Fsp3) is 0.500. The molecular formula is C16H22Cl3N3O2. The van der Waals surface area contributed by atoms with Gasteiger partial charge >= 0.3 is 0 Å². The van der Waals surface area contributed by atoms with E-state index in [4.69, 9.17) is 28.9 Å². The van der Waals surface area contributed by atoms with Gasteiger partial charge in [-0.2, -0.15) is 0 Å². The number of nitrogens with two attached hydrogens (primary N) is 1. The second kappa shape index (κ2) is 9.47. The number of hydrogen-bond donors (Lipinski definition) is 2. The molecule has 0 aromatic heterocycles. The molecule has 0 bridgehead atoms. The molecule has 1 fully saturated rings. The second-order valence-corrected chi connectivity index (χ2v) is 6.68. The molecule has 1 aromatic carbocycles. The number of benzene rings is 1. The molecule has 3 N–H and O–H groups in total. The van der Waals surface area contributed by atoms with Crippen molar-refractivity contribution in [3.05, 3.63) is 33.8 Å². The summed E-state index contributed by atoms with van der Waals surface area (Å²) < 4.78 is 0. The van der Waals surface area contributed by atoms with Crippen LogP contribution in [0.2, 0.25) is 10.0 Å². The Labute approximate surface area is 158 Å². The Morgan fingerprint density at radius 3 is 2.71 bits per heavy atom. The van der Waals surface area contributed by atoms with Gasteiger partial charge in [-0.05, 0) is 38.0 Å². The van der Waals surface area contributed by atoms with E-state index in [1.165, 1.54) is 0 Å². The summed E-state index contributed by atoms with van der Waals surface area (Å²) in [6.07, 6.45) is 1.57. The summed E-state index contributed by atoms with van der Waals surface area (Å²) in [4.78, 5) is 26.5. The number of rotatable bonds is 4. The molecule has 2 rings (SSSR count). The van der Waals surface area contributed by atoms with E-state index in [0.717, 1.165) is 12.8 Å². The highest BCUT2D eigenvalue weighted by Gasteiger charge is 2.29. The highest BCUT2D eigenvalue weighted by Crippen LogP contribution is 2.25. The van der Waals surface area contributed by atoms with E-state index in [2.05, 4.69) is 5.32 Å². The van der Waals surface area contributed by atoms with Gasteiger partial charge in [-0.25, -0.2) is 0 Å². The van der Waals surface area contributed by atoms with Gasteiger partial charge in [-0.3, -0.25) is 9.59 Å². The van der Waals surface area contributed by atoms with Crippen LogP contribution in [0.25, 0.3) is 0 Å². The van der Waals surface area contributed by atoms with Gasteiger partial charge in [0.1, 0.15) is 0 Å². The number of amides is 2. The zero-order valence-electron chi connectivity index (χ0n) is 13.4. The standard InChI is InChI=1S/C16H21Cl2N3O2.ClH/c1-10(8-19)20-15(22)12-3-2-6-21(9-12)16(23)11-4-5-13(17)14(18)7-11;/h4-5,7,10,12H,2-3,6,8-9,19H2,1H3,(H,20,22);1H/t10-,12?;/m0./s1. The summed E-state index contributed by atoms with van der Waals surface area (Å²) in [5.74, 6) is -0.382. The number of piperidine rings is 1. The lowest BCUT2D eigenvalue weighted by Crippen LogP contribution is -2.48. The quantitative estimate of drug-likeness (QED) is 0.824. The highest BCUT2D eigenvalue weighted by molar-refractivity contribution is 6.42. The molecule has 1 heterocycles. The number of carbonyl (C=O) groups is 2. The Morgan fingerprint density at radius 1 is 1.38 bits per heavy atom. The van der Waals surface area contributed by atoms with Crippen LogP contribution in [0, 0.1) is 5.92 Å². The minimum Gasteiger partial charge on any atom is -0.352 e. The van der Waals surface area contributed by atoms with Crippen molar-refractivity contribution < 1.29 is 9.59 Å². The van der Waals surface area contributed by atoms with Crippen molar-refractivity contribution in [2.75, 3.05) is 19.6 Å². The number of nitrogens with zero attached hydrogens (tertiary/aromatic N) is 1. The molecule has 1 aliphatic rings. The summed E-state index contributed by atoms with van der Waals surface area (Å²) in [6, 6.07) is 4.75. The Bertz CT molecular complexity index is 598. The molecule has 1 aliphatic heterocycles. The van der Waals surface area contributed by atoms with E-state index >= 15 is 0 Å². The second-order valence-electron chi connectivity index (χ2n) is 5.86. The Hall–Kier alpha value is -1.01. The Morgan fingerprint density at radius 2 is 2.08 bits per heavy atom. The molecule has 0 saturated carbocycles. The molecule has 2 atom stereocenters. The first-order valence-corrected chi connectivity index (χ1v) is 8.42. The maximum atomic E-state index is 12.6. The topological polar surface area (TPSA) is 75.4 Å². The van der Waals surface area contributed by atoms with Gasteiger partial charge in [0.15, 0.2) is 0 Å². The number of carbonyl (C=O) groups excluding carboxylic acids is 2. The molecule has 0 spiro atoms. The molecule has 2 amide bonds. The third-order valence-electron chi connectivity index (χ3n) is 3.99. The van der Waals surface area contributed by atoms with Crippen molar-refractivity contribution >= 4 is 47.4 Å². The number of halogens is 3. The zero-order chi connectivity index (χ0) is 17.0. The first kappa shape index (κ1) is 21.0. The van der Waals surface area contributed by atoms with Crippen molar-refractivity contribution in [1.29, 1.82) is 0 Å². The Balaban J connectivity index is 0.00000288. The van der Waals surface area contributed by atoms with Crippen molar-refractivity contribution in [2.45, 2.75) is 25.8 Å². The van der Waals surface area contributed by atoms with Crippen molar-refractivity contribution in [1.82, 2.24) is 10.2 Å². The van der Waals surface area contributed by atoms with Crippen LogP contribution in [0.15, 0.2) is 18.2 Å². The normalized spacial score (nSPS) is 18.5. The lowest BCUT2D eigenvalue weighted by molar-refractivity contribution is -0.126. The average Bonchev–Trinajstić information content (AvgIpc) is 2.56. The fourth-order valence-corrected chi connectivity index (χ4v) is 2.91. The highest BCUT2D eigenvalue weighted by atomic mass is 35.5. The molecule has 24 heavy (non-hydrogen) atoms. The average molecular weight is 395 g/mol. The smallest absolute Gasteiger partial charge is 0.253 e. The summed E-state index contributed by atoms with van der Waals surface area (Å²) in [6.45, 7) is 3.29. The zero-order valence-corrected chi connectivity index (χ0v) is 15.8. The third-order valence-corrected chi connectivity index (χ3v) is 4.73. The predicted octanol–water partition coefficient (Wildman–Crippen LogP) is 2.73. The monoisotopic (exact) mass is 393 g/mol. The van der Waals surface area contributed by atoms with Crippen LogP contribution in [-0.4, -0.2) is 42.4 Å². The molecule has 8 heteroatoms. The number of nitrogens with one attached hydrogen (secondary N) is 1. The van der Waals surface area contributed by atoms with Gasteiger partial charge in [0.25, 0.3) is 5.91 Å². The van der Waals surface area contributed by atoms with Crippen LogP contribution in [0.1, 0.15) is 30.1 Å². The van der Waals surface area contributed by atoms with E-state index in [1.54, 1.807) is 23.1 Å². The van der Waals surface area contributed by atoms with Gasteiger partial charge < -0.3 is 16.0 Å². The first-order chi connectivity index (χ1) is 10.9. The van der Waals surface area contributed by atoms with E-state index in [-0.39, 0.29) is 36.2 Å². The van der Waals surface area contributed by atoms with Crippen LogP contribution in [-0.2, 0) is 4.79 Å². The Kier molecular flexibility index (Phi) is 8.30. The fourth-order valence-electron chi connectivity index (χ4n) is 2.61. The van der Waals surface area contributed by atoms with Crippen molar-refractivity contribution in [2.24, 2.45) is 11.7 Å². The van der Waals surface area contributed by atoms with Crippen LogP contribution in [0.4, 0.5) is 0 Å². The largest absolute Gasteiger partial charge is 0.352 e. The molecule has 0 aliphatic carbocycles. The van der Waals surface area contributed by atoms with E-state index in [1.807, 2.05) is 6.92 Å². The first-order valence-electron chi connectivity index (χ1n) is 7.67. The van der Waals surface area contributed by atoms with Crippen LogP contribution < -0.4 is 11.1 Å². The molecule has 1 saturated heterocycles. The van der Waals surface area contributed by atoms with E-state index < -0.39 is 0 Å². The minimum atomic E-state index is -0.204. The van der Waals surface area contributed by atoms with Crippen molar-refractivity contribution in [3.63, 3.8) is 0 Å². The maximum absolute atomic E-state index is 12.6. The van der Waals surface area contributed by atoms with Gasteiger partial charge in [-0.1, -0.05) is 23.2 Å². The van der Waals surface area contributed by atoms with Crippen molar-refractivity contribution in [3.8, 4) is 0 Å². The van der Waals surface area contributed by atoms with Crippen LogP contribution >= 0.6 is 35.6 Å². The molecule has 1 unspecified atom stereocenters. The molecule has 0 radical (unpaired) electrons. The summed E-state index contributed by atoms with van der Waals surface area (Å²) in [7, 11) is 0. The molecule has 1 aromatic rings. The molecule has 134 valence electrons. The maximum Gasteiger partial charge on any atom is 0.253 e. The van der Waals surface area contributed by atoms with Gasteiger partial charge in [0, 0.05) is 31.2 Å². The predicted molar refractivity (Wildman–Crippen MR) is 99.0 cm³/mol.